The highest BCUT2D eigenvalue weighted by molar-refractivity contribution is 5.31. The lowest BCUT2D eigenvalue weighted by atomic mass is 9.77. The largest absolute Gasteiger partial charge is 0.493 e. The maximum atomic E-state index is 11.0. The minimum atomic E-state index is -0.779. The topological polar surface area (TPSA) is 47.3 Å². The molecule has 102 valence electrons. The zero-order valence-electron chi connectivity index (χ0n) is 11.8. The van der Waals surface area contributed by atoms with E-state index in [0.29, 0.717) is 11.7 Å². The van der Waals surface area contributed by atoms with E-state index in [9.17, 15) is 5.11 Å². The summed E-state index contributed by atoms with van der Waals surface area (Å²) in [5.74, 6) is 1.41. The molecule has 1 heterocycles. The zero-order chi connectivity index (χ0) is 13.3. The minimum absolute atomic E-state index is 0.229. The summed E-state index contributed by atoms with van der Waals surface area (Å²) in [4.78, 5) is 0. The van der Waals surface area contributed by atoms with Gasteiger partial charge in [-0.05, 0) is 45.4 Å². The van der Waals surface area contributed by atoms with Gasteiger partial charge in [0.15, 0.2) is 5.75 Å². The fourth-order valence-corrected chi connectivity index (χ4v) is 2.81. The Hall–Kier alpha value is -1.03. The fraction of sp³-hybridized carbons (Fsp3) is 0.786. The molecule has 2 rings (SSSR count). The van der Waals surface area contributed by atoms with E-state index in [2.05, 4.69) is 25.9 Å². The molecule has 0 aliphatic heterocycles. The maximum absolute atomic E-state index is 11.0. The molecule has 4 nitrogen and oxygen atoms in total. The molecule has 4 heteroatoms. The summed E-state index contributed by atoms with van der Waals surface area (Å²) in [5, 5.41) is 15.3. The van der Waals surface area contributed by atoms with Gasteiger partial charge in [0.2, 0.25) is 0 Å². The molecule has 0 aromatic carbocycles. The second-order valence-corrected chi connectivity index (χ2v) is 5.81. The van der Waals surface area contributed by atoms with Crippen LogP contribution in [0, 0.1) is 5.92 Å². The van der Waals surface area contributed by atoms with E-state index in [1.165, 1.54) is 0 Å². The van der Waals surface area contributed by atoms with Crippen molar-refractivity contribution in [3.05, 3.63) is 11.9 Å². The van der Waals surface area contributed by atoms with E-state index in [-0.39, 0.29) is 6.04 Å². The first-order valence-electron chi connectivity index (χ1n) is 6.82. The molecule has 0 spiro atoms. The van der Waals surface area contributed by atoms with Gasteiger partial charge in [-0.2, -0.15) is 5.10 Å². The minimum Gasteiger partial charge on any atom is -0.493 e. The quantitative estimate of drug-likeness (QED) is 0.899. The number of rotatable bonds is 3. The van der Waals surface area contributed by atoms with E-state index in [1.807, 2.05) is 4.68 Å². The second-order valence-electron chi connectivity index (χ2n) is 5.81. The Bertz CT molecular complexity index is 404. The lowest BCUT2D eigenvalue weighted by Crippen LogP contribution is -2.34. The lowest BCUT2D eigenvalue weighted by Gasteiger charge is -2.36. The molecule has 0 atom stereocenters. The Morgan fingerprint density at radius 2 is 2.06 bits per heavy atom. The van der Waals surface area contributed by atoms with Crippen molar-refractivity contribution < 1.29 is 9.84 Å². The van der Waals surface area contributed by atoms with Crippen molar-refractivity contribution in [2.24, 2.45) is 5.92 Å². The summed E-state index contributed by atoms with van der Waals surface area (Å²) >= 11 is 0. The van der Waals surface area contributed by atoms with Gasteiger partial charge in [0, 0.05) is 6.04 Å². The van der Waals surface area contributed by atoms with Crippen LogP contribution in [-0.2, 0) is 5.60 Å². The van der Waals surface area contributed by atoms with Gasteiger partial charge in [0.25, 0.3) is 0 Å². The molecule has 0 saturated heterocycles. The number of methoxy groups -OCH3 is 1. The van der Waals surface area contributed by atoms with Crippen LogP contribution in [0.4, 0.5) is 0 Å². The molecular formula is C14H24N2O2. The van der Waals surface area contributed by atoms with Gasteiger partial charge in [-0.15, -0.1) is 0 Å². The van der Waals surface area contributed by atoms with Crippen molar-refractivity contribution in [1.29, 1.82) is 0 Å². The first kappa shape index (κ1) is 13.4. The van der Waals surface area contributed by atoms with Crippen LogP contribution >= 0.6 is 0 Å². The van der Waals surface area contributed by atoms with E-state index in [0.717, 1.165) is 31.4 Å². The molecule has 1 saturated carbocycles. The van der Waals surface area contributed by atoms with Crippen LogP contribution in [0.3, 0.4) is 0 Å². The maximum Gasteiger partial charge on any atom is 0.162 e. The highest BCUT2D eigenvalue weighted by Crippen LogP contribution is 2.43. The standard InChI is InChI=1S/C14H24N2O2/c1-10(2)16-13(12(18-4)9-15-16)14(17)7-5-11(3)6-8-14/h9-11,17H,5-8H2,1-4H3. The van der Waals surface area contributed by atoms with E-state index >= 15 is 0 Å². The lowest BCUT2D eigenvalue weighted by molar-refractivity contribution is -0.0222. The second kappa shape index (κ2) is 4.92. The predicted octanol–water partition coefficient (Wildman–Crippen LogP) is 2.87. The summed E-state index contributed by atoms with van der Waals surface area (Å²) in [6, 6.07) is 0.229. The molecule has 0 radical (unpaired) electrons. The summed E-state index contributed by atoms with van der Waals surface area (Å²) in [5.41, 5.74) is 0.0745. The van der Waals surface area contributed by atoms with E-state index in [1.54, 1.807) is 13.3 Å². The van der Waals surface area contributed by atoms with Crippen LogP contribution in [0.15, 0.2) is 6.20 Å². The Morgan fingerprint density at radius 1 is 1.44 bits per heavy atom. The van der Waals surface area contributed by atoms with Crippen molar-refractivity contribution in [3.8, 4) is 5.75 Å². The zero-order valence-corrected chi connectivity index (χ0v) is 11.8. The van der Waals surface area contributed by atoms with Crippen LogP contribution in [0.1, 0.15) is 58.2 Å². The Kier molecular flexibility index (Phi) is 3.66. The van der Waals surface area contributed by atoms with Crippen LogP contribution in [0.2, 0.25) is 0 Å². The molecule has 1 N–H and O–H groups in total. The Balaban J connectivity index is 2.39. The van der Waals surface area contributed by atoms with Gasteiger partial charge in [0.1, 0.15) is 11.3 Å². The molecule has 1 aliphatic carbocycles. The van der Waals surface area contributed by atoms with E-state index in [4.69, 9.17) is 4.74 Å². The predicted molar refractivity (Wildman–Crippen MR) is 70.7 cm³/mol. The van der Waals surface area contributed by atoms with Gasteiger partial charge in [-0.25, -0.2) is 0 Å². The van der Waals surface area contributed by atoms with Gasteiger partial charge in [-0.1, -0.05) is 6.92 Å². The van der Waals surface area contributed by atoms with Crippen LogP contribution in [0.5, 0.6) is 5.75 Å². The van der Waals surface area contributed by atoms with Crippen LogP contribution in [0.25, 0.3) is 0 Å². The third-order valence-corrected chi connectivity index (χ3v) is 4.01. The third kappa shape index (κ3) is 2.26. The molecule has 0 amide bonds. The molecule has 1 aliphatic rings. The first-order chi connectivity index (χ1) is 8.48. The van der Waals surface area contributed by atoms with Gasteiger partial charge < -0.3 is 9.84 Å². The van der Waals surface area contributed by atoms with Gasteiger partial charge >= 0.3 is 0 Å². The van der Waals surface area contributed by atoms with Crippen LogP contribution in [-0.4, -0.2) is 22.0 Å². The van der Waals surface area contributed by atoms with Gasteiger partial charge in [0.05, 0.1) is 13.3 Å². The fourth-order valence-electron chi connectivity index (χ4n) is 2.81. The Labute approximate surface area is 109 Å². The average molecular weight is 252 g/mol. The number of aliphatic hydroxyl groups is 1. The molecule has 1 aromatic heterocycles. The highest BCUT2D eigenvalue weighted by Gasteiger charge is 2.39. The van der Waals surface area contributed by atoms with Crippen molar-refractivity contribution in [3.63, 3.8) is 0 Å². The molecule has 0 bridgehead atoms. The molecule has 1 fully saturated rings. The summed E-state index contributed by atoms with van der Waals surface area (Å²) in [6.07, 6.45) is 5.42. The van der Waals surface area contributed by atoms with Crippen molar-refractivity contribution >= 4 is 0 Å². The third-order valence-electron chi connectivity index (χ3n) is 4.01. The van der Waals surface area contributed by atoms with Crippen molar-refractivity contribution in [2.75, 3.05) is 7.11 Å². The van der Waals surface area contributed by atoms with E-state index < -0.39 is 5.60 Å². The number of hydrogen-bond acceptors (Lipinski definition) is 3. The molecule has 0 unspecified atom stereocenters. The number of hydrogen-bond donors (Lipinski definition) is 1. The van der Waals surface area contributed by atoms with Crippen LogP contribution < -0.4 is 4.74 Å². The highest BCUT2D eigenvalue weighted by atomic mass is 16.5. The van der Waals surface area contributed by atoms with Crippen molar-refractivity contribution in [2.45, 2.75) is 58.1 Å². The van der Waals surface area contributed by atoms with Gasteiger partial charge in [-0.3, -0.25) is 4.68 Å². The summed E-state index contributed by atoms with van der Waals surface area (Å²) < 4.78 is 7.28. The monoisotopic (exact) mass is 252 g/mol. The summed E-state index contributed by atoms with van der Waals surface area (Å²) in [6.45, 7) is 6.39. The van der Waals surface area contributed by atoms with Crippen molar-refractivity contribution in [1.82, 2.24) is 9.78 Å². The molecule has 1 aromatic rings. The Morgan fingerprint density at radius 3 is 2.56 bits per heavy atom. The normalized spacial score (nSPS) is 28.7. The SMILES string of the molecule is COc1cnn(C(C)C)c1C1(O)CCC(C)CC1. The number of nitrogens with zero attached hydrogens (tertiary/aromatic N) is 2. The summed E-state index contributed by atoms with van der Waals surface area (Å²) in [7, 11) is 1.64. The molecule has 18 heavy (non-hydrogen) atoms. The number of aromatic nitrogens is 2. The average Bonchev–Trinajstić information content (AvgIpc) is 2.78. The first-order valence-corrected chi connectivity index (χ1v) is 6.82. The smallest absolute Gasteiger partial charge is 0.162 e. The number of ether oxygens (including phenoxy) is 1. The molecular weight excluding hydrogens is 228 g/mol.